The second-order valence-electron chi connectivity index (χ2n) is 7.18. The maximum Gasteiger partial charge on any atom is 0.237 e. The lowest BCUT2D eigenvalue weighted by molar-refractivity contribution is 0.542. The van der Waals surface area contributed by atoms with Gasteiger partial charge in [-0.1, -0.05) is 47.5 Å². The van der Waals surface area contributed by atoms with Crippen LogP contribution in [-0.2, 0) is 6.54 Å². The molecule has 0 aliphatic heterocycles. The molecule has 0 spiro atoms. The van der Waals surface area contributed by atoms with Crippen molar-refractivity contribution in [1.82, 2.24) is 4.57 Å². The number of nitrogens with zero attached hydrogens (tertiary/aromatic N) is 3. The number of aliphatic imine (C=N–C) groups is 1. The summed E-state index contributed by atoms with van der Waals surface area (Å²) < 4.78 is 7.90. The van der Waals surface area contributed by atoms with Crippen LogP contribution in [0.3, 0.4) is 0 Å². The highest BCUT2D eigenvalue weighted by Crippen LogP contribution is 2.30. The van der Waals surface area contributed by atoms with Crippen LogP contribution in [0.1, 0.15) is 33.7 Å². The molecule has 0 amide bonds. The highest BCUT2D eigenvalue weighted by molar-refractivity contribution is 6.42. The molecular weight excluding hydrogens is 417 g/mol. The molecule has 0 fully saturated rings. The first-order valence-electron chi connectivity index (χ1n) is 9.46. The quantitative estimate of drug-likeness (QED) is 0.319. The molecule has 6 heteroatoms. The van der Waals surface area contributed by atoms with Gasteiger partial charge in [0.05, 0.1) is 10.0 Å². The Morgan fingerprint density at radius 1 is 1.10 bits per heavy atom. The van der Waals surface area contributed by atoms with Gasteiger partial charge in [-0.2, -0.15) is 5.26 Å². The van der Waals surface area contributed by atoms with Gasteiger partial charge in [0.2, 0.25) is 5.88 Å². The lowest BCUT2D eigenvalue weighted by Crippen LogP contribution is -2.02. The zero-order chi connectivity index (χ0) is 21.4. The fourth-order valence-electron chi connectivity index (χ4n) is 3.60. The van der Waals surface area contributed by atoms with Crippen LogP contribution >= 0.6 is 23.2 Å². The molecule has 0 bridgehead atoms. The third-order valence-electron chi connectivity index (χ3n) is 5.39. The molecule has 0 unspecified atom stereocenters. The van der Waals surface area contributed by atoms with Gasteiger partial charge in [-0.05, 0) is 44.5 Å². The summed E-state index contributed by atoms with van der Waals surface area (Å²) >= 11 is 12.3. The van der Waals surface area contributed by atoms with Crippen molar-refractivity contribution in [3.05, 3.63) is 86.2 Å². The molecule has 2 aromatic heterocycles. The predicted octanol–water partition coefficient (Wildman–Crippen LogP) is 7.14. The summed E-state index contributed by atoms with van der Waals surface area (Å²) in [7, 11) is 0. The first kappa shape index (κ1) is 20.3. The number of benzene rings is 2. The Kier molecular flexibility index (Phi) is 5.42. The number of para-hydroxylation sites is 1. The minimum Gasteiger partial charge on any atom is -0.442 e. The standard InChI is InChI=1S/C24H19Cl2N3O/c1-14-16(3)30-24(19(14)11-27)28-12-20-15(2)29(23-7-5-4-6-18(20)23)13-17-8-9-21(25)22(26)10-17/h4-10,12H,13H2,1-3H3/b28-12+. The lowest BCUT2D eigenvalue weighted by atomic mass is 10.1. The normalized spacial score (nSPS) is 11.5. The number of furan rings is 1. The second-order valence-corrected chi connectivity index (χ2v) is 8.00. The van der Waals surface area contributed by atoms with Crippen LogP contribution in [0.25, 0.3) is 10.9 Å². The van der Waals surface area contributed by atoms with Gasteiger partial charge in [-0.15, -0.1) is 0 Å². The average Bonchev–Trinajstić information content (AvgIpc) is 3.16. The van der Waals surface area contributed by atoms with Gasteiger partial charge >= 0.3 is 0 Å². The summed E-state index contributed by atoms with van der Waals surface area (Å²) in [5.41, 5.74) is 5.49. The van der Waals surface area contributed by atoms with Crippen LogP contribution < -0.4 is 0 Å². The second kappa shape index (κ2) is 8.02. The number of nitriles is 1. The van der Waals surface area contributed by atoms with Crippen LogP contribution in [-0.4, -0.2) is 10.8 Å². The number of hydrogen-bond donors (Lipinski definition) is 0. The minimum absolute atomic E-state index is 0.341. The van der Waals surface area contributed by atoms with Crippen LogP contribution in [0.4, 0.5) is 5.88 Å². The summed E-state index contributed by atoms with van der Waals surface area (Å²) in [6.45, 7) is 6.41. The van der Waals surface area contributed by atoms with E-state index in [4.69, 9.17) is 27.6 Å². The molecule has 0 saturated heterocycles. The van der Waals surface area contributed by atoms with Crippen LogP contribution in [0, 0.1) is 32.1 Å². The molecule has 2 aromatic carbocycles. The van der Waals surface area contributed by atoms with Gasteiger partial charge in [0.15, 0.2) is 0 Å². The first-order chi connectivity index (χ1) is 14.4. The number of halogens is 2. The molecule has 0 aliphatic rings. The summed E-state index contributed by atoms with van der Waals surface area (Å²) in [6, 6.07) is 16.0. The highest BCUT2D eigenvalue weighted by atomic mass is 35.5. The van der Waals surface area contributed by atoms with Gasteiger partial charge < -0.3 is 8.98 Å². The molecule has 4 rings (SSSR count). The van der Waals surface area contributed by atoms with Crippen LogP contribution in [0.5, 0.6) is 0 Å². The fourth-order valence-corrected chi connectivity index (χ4v) is 3.92. The van der Waals surface area contributed by atoms with Gasteiger partial charge in [-0.3, -0.25) is 0 Å². The summed E-state index contributed by atoms with van der Waals surface area (Å²) in [5, 5.41) is 11.6. The molecule has 150 valence electrons. The van der Waals surface area contributed by atoms with E-state index in [1.807, 2.05) is 44.2 Å². The average molecular weight is 436 g/mol. The third kappa shape index (κ3) is 3.52. The van der Waals surface area contributed by atoms with Crippen molar-refractivity contribution in [2.24, 2.45) is 4.99 Å². The topological polar surface area (TPSA) is 54.2 Å². The first-order valence-corrected chi connectivity index (χ1v) is 10.2. The summed E-state index contributed by atoms with van der Waals surface area (Å²) in [6.07, 6.45) is 1.78. The molecule has 4 nitrogen and oxygen atoms in total. The Bertz CT molecular complexity index is 1340. The van der Waals surface area contributed by atoms with Gasteiger partial charge in [0.1, 0.15) is 17.4 Å². The van der Waals surface area contributed by atoms with Crippen molar-refractivity contribution >= 4 is 46.2 Å². The van der Waals surface area contributed by atoms with Crippen LogP contribution in [0.15, 0.2) is 51.9 Å². The van der Waals surface area contributed by atoms with Crippen molar-refractivity contribution < 1.29 is 4.42 Å². The van der Waals surface area contributed by atoms with Gasteiger partial charge in [-0.25, -0.2) is 4.99 Å². The summed E-state index contributed by atoms with van der Waals surface area (Å²) in [4.78, 5) is 4.52. The zero-order valence-corrected chi connectivity index (χ0v) is 18.3. The van der Waals surface area contributed by atoms with Crippen molar-refractivity contribution in [2.45, 2.75) is 27.3 Å². The highest BCUT2D eigenvalue weighted by Gasteiger charge is 2.16. The Morgan fingerprint density at radius 3 is 2.60 bits per heavy atom. The van der Waals surface area contributed by atoms with Crippen LogP contribution in [0.2, 0.25) is 10.0 Å². The van der Waals surface area contributed by atoms with E-state index in [0.29, 0.717) is 33.8 Å². The SMILES string of the molecule is Cc1oc(/N=C/c2c(C)n(Cc3ccc(Cl)c(Cl)c3)c3ccccc23)c(C#N)c1C. The zero-order valence-electron chi connectivity index (χ0n) is 16.8. The smallest absolute Gasteiger partial charge is 0.237 e. The number of hydrogen-bond acceptors (Lipinski definition) is 3. The van der Waals surface area contributed by atoms with E-state index in [1.165, 1.54) is 0 Å². The minimum atomic E-state index is 0.341. The largest absolute Gasteiger partial charge is 0.442 e. The molecule has 0 aliphatic carbocycles. The van der Waals surface area contributed by atoms with E-state index in [9.17, 15) is 5.26 Å². The van der Waals surface area contributed by atoms with Crippen molar-refractivity contribution in [1.29, 1.82) is 5.26 Å². The van der Waals surface area contributed by atoms with Gasteiger partial charge in [0.25, 0.3) is 0 Å². The Labute approximate surface area is 185 Å². The van der Waals surface area contributed by atoms with E-state index in [-0.39, 0.29) is 0 Å². The maximum atomic E-state index is 9.44. The van der Waals surface area contributed by atoms with Crippen molar-refractivity contribution in [3.8, 4) is 6.07 Å². The number of rotatable bonds is 4. The number of fused-ring (bicyclic) bond motifs is 1. The third-order valence-corrected chi connectivity index (χ3v) is 6.13. The van der Waals surface area contributed by atoms with E-state index < -0.39 is 0 Å². The number of aromatic nitrogens is 1. The Morgan fingerprint density at radius 2 is 1.87 bits per heavy atom. The van der Waals surface area contributed by atoms with E-state index in [0.717, 1.165) is 33.3 Å². The van der Waals surface area contributed by atoms with E-state index in [1.54, 1.807) is 6.21 Å². The predicted molar refractivity (Wildman–Crippen MR) is 122 cm³/mol. The molecular formula is C24H19Cl2N3O. The fraction of sp³-hybridized carbons (Fsp3) is 0.167. The Hall–Kier alpha value is -3.00. The Balaban J connectivity index is 1.80. The van der Waals surface area contributed by atoms with E-state index in [2.05, 4.69) is 34.7 Å². The van der Waals surface area contributed by atoms with E-state index >= 15 is 0 Å². The molecule has 0 saturated carbocycles. The maximum absolute atomic E-state index is 9.44. The molecule has 30 heavy (non-hydrogen) atoms. The van der Waals surface area contributed by atoms with Gasteiger partial charge in [0, 0.05) is 40.5 Å². The molecule has 0 atom stereocenters. The molecule has 2 heterocycles. The lowest BCUT2D eigenvalue weighted by Gasteiger charge is -2.09. The molecule has 0 radical (unpaired) electrons. The summed E-state index contributed by atoms with van der Waals surface area (Å²) in [5.74, 6) is 1.05. The van der Waals surface area contributed by atoms with Crippen molar-refractivity contribution in [3.63, 3.8) is 0 Å². The van der Waals surface area contributed by atoms with Crippen molar-refractivity contribution in [2.75, 3.05) is 0 Å². The molecule has 0 N–H and O–H groups in total. The number of aryl methyl sites for hydroxylation is 1. The molecule has 4 aromatic rings. The monoisotopic (exact) mass is 435 g/mol.